The van der Waals surface area contributed by atoms with Crippen LogP contribution in [0.25, 0.3) is 27.9 Å². The second-order valence-electron chi connectivity index (χ2n) is 10.0. The second-order valence-corrected chi connectivity index (χ2v) is 10.4. The van der Waals surface area contributed by atoms with Gasteiger partial charge in [-0.1, -0.05) is 17.7 Å². The minimum atomic E-state index is -0.678. The van der Waals surface area contributed by atoms with Crippen molar-refractivity contribution in [2.24, 2.45) is 13.0 Å². The topological polar surface area (TPSA) is 83.5 Å². The van der Waals surface area contributed by atoms with Crippen LogP contribution < -0.4 is 10.6 Å². The number of hydrogen-bond donors (Lipinski definition) is 2. The highest BCUT2D eigenvalue weighted by molar-refractivity contribution is 6.32. The highest BCUT2D eigenvalue weighted by Crippen LogP contribution is 2.46. The van der Waals surface area contributed by atoms with Crippen LogP contribution in [0.2, 0.25) is 5.02 Å². The molecule has 0 amide bonds. The fraction of sp³-hybridized carbons (Fsp3) is 0.286. The van der Waals surface area contributed by atoms with Gasteiger partial charge in [0, 0.05) is 49.9 Å². The summed E-state index contributed by atoms with van der Waals surface area (Å²) in [5.41, 5.74) is 1.31. The Labute approximate surface area is 218 Å². The molecular weight excluding hydrogens is 495 g/mol. The third-order valence-electron chi connectivity index (χ3n) is 7.54. The molecule has 2 aliphatic rings. The van der Waals surface area contributed by atoms with Crippen LogP contribution in [0.5, 0.6) is 5.75 Å². The first-order valence-electron chi connectivity index (χ1n) is 12.2. The van der Waals surface area contributed by atoms with E-state index >= 15 is 0 Å². The van der Waals surface area contributed by atoms with E-state index in [1.807, 2.05) is 11.0 Å². The number of halogens is 2. The van der Waals surface area contributed by atoms with E-state index in [0.717, 1.165) is 12.8 Å². The molecule has 1 saturated carbocycles. The number of β-amino-alcohol motifs (C(OH)–C–C–N with tert-alkyl or cyclic N) is 1. The number of pyridine rings is 1. The number of aromatic hydroxyl groups is 1. The molecule has 1 atom stereocenters. The summed E-state index contributed by atoms with van der Waals surface area (Å²) < 4.78 is 17.7. The van der Waals surface area contributed by atoms with E-state index in [9.17, 15) is 19.4 Å². The summed E-state index contributed by atoms with van der Waals surface area (Å²) in [6, 6.07) is 11.1. The average Bonchev–Trinajstić information content (AvgIpc) is 3.61. The molecule has 9 heteroatoms. The first kappa shape index (κ1) is 23.8. The van der Waals surface area contributed by atoms with Crippen LogP contribution in [0.15, 0.2) is 65.8 Å². The van der Waals surface area contributed by atoms with Gasteiger partial charge in [-0.3, -0.25) is 4.57 Å². The van der Waals surface area contributed by atoms with Crippen molar-refractivity contribution in [3.05, 3.63) is 82.4 Å². The number of rotatable bonds is 5. The van der Waals surface area contributed by atoms with Crippen LogP contribution in [-0.2, 0) is 7.05 Å². The van der Waals surface area contributed by atoms with Crippen molar-refractivity contribution >= 4 is 17.4 Å². The van der Waals surface area contributed by atoms with Crippen LogP contribution in [0, 0.1) is 11.7 Å². The highest BCUT2D eigenvalue weighted by Gasteiger charge is 2.48. The van der Waals surface area contributed by atoms with E-state index in [1.165, 1.54) is 21.3 Å². The van der Waals surface area contributed by atoms with E-state index in [-0.39, 0.29) is 17.0 Å². The van der Waals surface area contributed by atoms with Gasteiger partial charge >= 0.3 is 5.69 Å². The first-order valence-corrected chi connectivity index (χ1v) is 12.6. The van der Waals surface area contributed by atoms with Gasteiger partial charge in [0.05, 0.1) is 16.3 Å². The van der Waals surface area contributed by atoms with E-state index < -0.39 is 11.4 Å². The molecule has 6 rings (SSSR count). The van der Waals surface area contributed by atoms with Crippen LogP contribution in [-0.4, -0.2) is 43.0 Å². The summed E-state index contributed by atoms with van der Waals surface area (Å²) in [6.45, 7) is 1.21. The molecule has 37 heavy (non-hydrogen) atoms. The standard InChI is InChI=1S/C28H26ClFN4O3/c1-32-10-11-34(27(32)36)24-5-2-17(12-23(24)29)21-14-20(30)15-22(26(21)35)18-6-8-31-25(13-18)33-9-7-28(37,16-33)19-3-4-19/h2,5-6,8,10-15,19,35,37H,3-4,7,9,16H2,1H3/t28-/m0/s1. The van der Waals surface area contributed by atoms with Crippen molar-refractivity contribution in [2.75, 3.05) is 18.0 Å². The average molecular weight is 521 g/mol. The Morgan fingerprint density at radius 2 is 1.81 bits per heavy atom. The van der Waals surface area contributed by atoms with Gasteiger partial charge < -0.3 is 19.7 Å². The predicted molar refractivity (Wildman–Crippen MR) is 141 cm³/mol. The smallest absolute Gasteiger partial charge is 0.332 e. The lowest BCUT2D eigenvalue weighted by Crippen LogP contribution is -2.35. The minimum absolute atomic E-state index is 0.0878. The monoisotopic (exact) mass is 520 g/mol. The Bertz CT molecular complexity index is 1580. The molecule has 190 valence electrons. The maximum absolute atomic E-state index is 14.8. The zero-order chi connectivity index (χ0) is 25.9. The summed E-state index contributed by atoms with van der Waals surface area (Å²) in [4.78, 5) is 18.8. The van der Waals surface area contributed by atoms with E-state index in [0.29, 0.717) is 58.6 Å². The SMILES string of the molecule is Cn1ccn(-c2ccc(-c3cc(F)cc(-c4ccnc(N5CC[C@@](O)(C6CC6)C5)c4)c3O)cc2Cl)c1=O. The quantitative estimate of drug-likeness (QED) is 0.396. The Hall–Kier alpha value is -3.62. The molecule has 2 aromatic carbocycles. The first-order chi connectivity index (χ1) is 17.7. The zero-order valence-corrected chi connectivity index (χ0v) is 21.0. The van der Waals surface area contributed by atoms with Crippen LogP contribution in [0.4, 0.5) is 10.2 Å². The van der Waals surface area contributed by atoms with Gasteiger partial charge in [-0.2, -0.15) is 0 Å². The van der Waals surface area contributed by atoms with E-state index in [2.05, 4.69) is 4.98 Å². The van der Waals surface area contributed by atoms with Crippen molar-refractivity contribution in [3.8, 4) is 33.7 Å². The molecule has 2 fully saturated rings. The van der Waals surface area contributed by atoms with Gasteiger partial charge in [-0.05, 0) is 72.7 Å². The Balaban J connectivity index is 1.35. The summed E-state index contributed by atoms with van der Waals surface area (Å²) in [5.74, 6) is 0.439. The molecule has 2 N–H and O–H groups in total. The largest absolute Gasteiger partial charge is 0.507 e. The summed E-state index contributed by atoms with van der Waals surface area (Å²) in [5, 5.41) is 22.4. The van der Waals surface area contributed by atoms with E-state index in [4.69, 9.17) is 11.6 Å². The number of anilines is 1. The molecular formula is C28H26ClFN4O3. The number of imidazole rings is 1. The second kappa shape index (κ2) is 8.75. The number of nitrogens with zero attached hydrogens (tertiary/aromatic N) is 4. The Kier molecular flexibility index (Phi) is 5.62. The lowest BCUT2D eigenvalue weighted by atomic mass is 9.97. The lowest BCUT2D eigenvalue weighted by molar-refractivity contribution is 0.0400. The molecule has 2 aromatic heterocycles. The van der Waals surface area contributed by atoms with Gasteiger partial charge in [0.1, 0.15) is 17.4 Å². The molecule has 0 bridgehead atoms. The zero-order valence-electron chi connectivity index (χ0n) is 20.2. The molecule has 7 nitrogen and oxygen atoms in total. The van der Waals surface area contributed by atoms with Gasteiger partial charge in [-0.25, -0.2) is 14.2 Å². The third kappa shape index (κ3) is 4.20. The van der Waals surface area contributed by atoms with Crippen molar-refractivity contribution in [2.45, 2.75) is 24.9 Å². The maximum atomic E-state index is 14.8. The number of aryl methyl sites for hydroxylation is 1. The van der Waals surface area contributed by atoms with Crippen LogP contribution in [0.3, 0.4) is 0 Å². The highest BCUT2D eigenvalue weighted by atomic mass is 35.5. The minimum Gasteiger partial charge on any atom is -0.507 e. The molecule has 3 heterocycles. The van der Waals surface area contributed by atoms with Crippen molar-refractivity contribution in [1.29, 1.82) is 0 Å². The molecule has 0 unspecified atom stereocenters. The summed E-state index contributed by atoms with van der Waals surface area (Å²) in [7, 11) is 1.65. The fourth-order valence-corrected chi connectivity index (χ4v) is 5.55. The number of phenolic OH excluding ortho intramolecular Hbond substituents is 1. The number of hydrogen-bond acceptors (Lipinski definition) is 5. The molecule has 1 aliphatic heterocycles. The number of benzene rings is 2. The van der Waals surface area contributed by atoms with Crippen molar-refractivity contribution in [3.63, 3.8) is 0 Å². The van der Waals surface area contributed by atoms with E-state index in [1.54, 1.807) is 49.9 Å². The fourth-order valence-electron chi connectivity index (χ4n) is 5.28. The van der Waals surface area contributed by atoms with Crippen LogP contribution >= 0.6 is 11.6 Å². The molecule has 0 radical (unpaired) electrons. The molecule has 1 saturated heterocycles. The molecule has 1 aliphatic carbocycles. The number of phenols is 1. The van der Waals surface area contributed by atoms with Gasteiger partial charge in [0.25, 0.3) is 0 Å². The van der Waals surface area contributed by atoms with Gasteiger partial charge in [0.2, 0.25) is 0 Å². The van der Waals surface area contributed by atoms with Crippen LogP contribution in [0.1, 0.15) is 19.3 Å². The summed E-state index contributed by atoms with van der Waals surface area (Å²) in [6.07, 6.45) is 7.70. The van der Waals surface area contributed by atoms with Crippen molar-refractivity contribution < 1.29 is 14.6 Å². The van der Waals surface area contributed by atoms with Gasteiger partial charge in [0.15, 0.2) is 0 Å². The number of aliphatic hydroxyl groups is 1. The Morgan fingerprint density at radius 1 is 1.08 bits per heavy atom. The number of aromatic nitrogens is 3. The molecule has 0 spiro atoms. The lowest BCUT2D eigenvalue weighted by Gasteiger charge is -2.24. The normalized spacial score (nSPS) is 19.5. The Morgan fingerprint density at radius 3 is 2.46 bits per heavy atom. The maximum Gasteiger partial charge on any atom is 0.332 e. The third-order valence-corrected chi connectivity index (χ3v) is 7.84. The predicted octanol–water partition coefficient (Wildman–Crippen LogP) is 4.75. The molecule has 4 aromatic rings. The van der Waals surface area contributed by atoms with Gasteiger partial charge in [-0.15, -0.1) is 0 Å². The van der Waals surface area contributed by atoms with Crippen molar-refractivity contribution in [1.82, 2.24) is 14.1 Å². The summed E-state index contributed by atoms with van der Waals surface area (Å²) >= 11 is 6.51.